The molecule has 0 radical (unpaired) electrons. The second kappa shape index (κ2) is 10.5. The number of fused-ring (bicyclic) bond motifs is 3. The maximum absolute atomic E-state index is 13.9. The van der Waals surface area contributed by atoms with Crippen LogP contribution in [0.4, 0.5) is 0 Å². The summed E-state index contributed by atoms with van der Waals surface area (Å²) >= 11 is 0. The fourth-order valence-corrected chi connectivity index (χ4v) is 5.55. The Morgan fingerprint density at radius 3 is 2.34 bits per heavy atom. The fraction of sp³-hybridized carbons (Fsp3) is 0.630. The molecule has 35 heavy (non-hydrogen) atoms. The van der Waals surface area contributed by atoms with Crippen LogP contribution in [0, 0.1) is 0 Å². The summed E-state index contributed by atoms with van der Waals surface area (Å²) in [6.07, 6.45) is 7.98. The van der Waals surface area contributed by atoms with Crippen LogP contribution >= 0.6 is 0 Å². The van der Waals surface area contributed by atoms with Gasteiger partial charge in [0.1, 0.15) is 22.7 Å². The number of carbonyl (C=O) groups is 2. The first-order valence-electron chi connectivity index (χ1n) is 12.8. The van der Waals surface area contributed by atoms with Crippen molar-refractivity contribution >= 4 is 22.7 Å². The van der Waals surface area contributed by atoms with Crippen LogP contribution in [0.15, 0.2) is 18.2 Å². The summed E-state index contributed by atoms with van der Waals surface area (Å²) in [5, 5.41) is 4.15. The summed E-state index contributed by atoms with van der Waals surface area (Å²) < 4.78 is 13.2. The predicted octanol–water partition coefficient (Wildman–Crippen LogP) is 3.66. The number of rotatable bonds is 7. The van der Waals surface area contributed by atoms with Gasteiger partial charge in [0.25, 0.3) is 5.91 Å². The lowest BCUT2D eigenvalue weighted by Gasteiger charge is -2.45. The highest BCUT2D eigenvalue weighted by atomic mass is 16.5. The van der Waals surface area contributed by atoms with Gasteiger partial charge >= 0.3 is 0 Å². The average molecular weight is 485 g/mol. The number of amides is 2. The van der Waals surface area contributed by atoms with Gasteiger partial charge in [-0.3, -0.25) is 9.59 Å². The van der Waals surface area contributed by atoms with Crippen molar-refractivity contribution in [3.05, 3.63) is 23.9 Å². The van der Waals surface area contributed by atoms with Crippen molar-refractivity contribution in [2.75, 3.05) is 41.4 Å². The molecule has 0 saturated heterocycles. The summed E-state index contributed by atoms with van der Waals surface area (Å²) in [6, 6.07) is 5.72. The summed E-state index contributed by atoms with van der Waals surface area (Å²) in [4.78, 5) is 31.7. The lowest BCUT2D eigenvalue weighted by Crippen LogP contribution is -2.65. The quantitative estimate of drug-likeness (QED) is 0.649. The second-order valence-corrected chi connectivity index (χ2v) is 10.4. The minimum atomic E-state index is -1.03. The maximum Gasteiger partial charge on any atom is 0.271 e. The summed E-state index contributed by atoms with van der Waals surface area (Å²) in [5.74, 6) is 1.11. The number of benzene rings is 1. The molecule has 1 aromatic carbocycles. The number of hydrogen-bond donors (Lipinski definition) is 1. The topological polar surface area (TPSA) is 76.0 Å². The van der Waals surface area contributed by atoms with Crippen LogP contribution in [-0.2, 0) is 11.3 Å². The van der Waals surface area contributed by atoms with E-state index >= 15 is 0 Å². The first-order valence-corrected chi connectivity index (χ1v) is 12.8. The Morgan fingerprint density at radius 2 is 1.71 bits per heavy atom. The van der Waals surface area contributed by atoms with Gasteiger partial charge in [0, 0.05) is 24.5 Å². The normalized spacial score (nSPS) is 21.5. The number of ether oxygens (including phenoxy) is 2. The number of nitrogens with zero attached hydrogens (tertiary/aromatic N) is 3. The Morgan fingerprint density at radius 1 is 1.09 bits per heavy atom. The second-order valence-electron chi connectivity index (χ2n) is 10.4. The molecule has 2 aromatic rings. The molecule has 8 heteroatoms. The third-order valence-corrected chi connectivity index (χ3v) is 7.65. The molecule has 1 N–H and O–H groups in total. The largest absolute Gasteiger partial charge is 0.496 e. The smallest absolute Gasteiger partial charge is 0.271 e. The molecular formula is C27H40N4O4. The molecule has 0 spiro atoms. The van der Waals surface area contributed by atoms with E-state index in [0.717, 1.165) is 36.6 Å². The minimum Gasteiger partial charge on any atom is -0.496 e. The van der Waals surface area contributed by atoms with Crippen molar-refractivity contribution in [1.82, 2.24) is 19.7 Å². The highest BCUT2D eigenvalue weighted by Gasteiger charge is 2.48. The van der Waals surface area contributed by atoms with Gasteiger partial charge in [-0.1, -0.05) is 32.1 Å². The molecule has 8 nitrogen and oxygen atoms in total. The minimum absolute atomic E-state index is 0.0791. The molecule has 2 heterocycles. The molecule has 2 aliphatic rings. The number of hydrogen-bond acceptors (Lipinski definition) is 5. The maximum atomic E-state index is 13.9. The van der Waals surface area contributed by atoms with Gasteiger partial charge in [0.2, 0.25) is 5.91 Å². The average Bonchev–Trinajstić information content (AvgIpc) is 3.19. The van der Waals surface area contributed by atoms with E-state index in [2.05, 4.69) is 5.32 Å². The molecule has 1 aliphatic heterocycles. The van der Waals surface area contributed by atoms with E-state index < -0.39 is 5.54 Å². The van der Waals surface area contributed by atoms with E-state index in [4.69, 9.17) is 9.47 Å². The Balaban J connectivity index is 1.75. The van der Waals surface area contributed by atoms with E-state index in [1.807, 2.05) is 48.7 Å². The Labute approximate surface area is 208 Å². The molecular weight excluding hydrogens is 444 g/mol. The zero-order valence-electron chi connectivity index (χ0n) is 21.9. The molecule has 1 saturated carbocycles. The number of aromatic nitrogens is 1. The SMILES string of the molecule is COc1ccc(OC)c2c1cc1n2C[C@@](C)(C(=O)NC2CCCCCCC2)N(CCN(C)C)C1=O. The van der Waals surface area contributed by atoms with Crippen molar-refractivity contribution in [2.24, 2.45) is 0 Å². The number of carbonyl (C=O) groups excluding carboxylic acids is 2. The molecule has 1 aromatic heterocycles. The molecule has 4 rings (SSSR count). The van der Waals surface area contributed by atoms with Crippen LogP contribution in [0.3, 0.4) is 0 Å². The van der Waals surface area contributed by atoms with Gasteiger partial charge in [0.05, 0.1) is 26.3 Å². The summed E-state index contributed by atoms with van der Waals surface area (Å²) in [5.41, 5.74) is 0.313. The van der Waals surface area contributed by atoms with Crippen molar-refractivity contribution < 1.29 is 19.1 Å². The zero-order chi connectivity index (χ0) is 25.2. The summed E-state index contributed by atoms with van der Waals surface area (Å²) in [7, 11) is 7.20. The lowest BCUT2D eigenvalue weighted by atomic mass is 9.92. The Kier molecular flexibility index (Phi) is 7.59. The third kappa shape index (κ3) is 4.85. The van der Waals surface area contributed by atoms with Crippen LogP contribution in [0.1, 0.15) is 62.4 Å². The fourth-order valence-electron chi connectivity index (χ4n) is 5.55. The highest BCUT2D eigenvalue weighted by Crippen LogP contribution is 2.40. The molecule has 1 fully saturated rings. The van der Waals surface area contributed by atoms with Crippen molar-refractivity contribution in [3.63, 3.8) is 0 Å². The van der Waals surface area contributed by atoms with Crippen molar-refractivity contribution in [3.8, 4) is 11.5 Å². The number of nitrogens with one attached hydrogen (secondary N) is 1. The van der Waals surface area contributed by atoms with Crippen LogP contribution in [0.2, 0.25) is 0 Å². The summed E-state index contributed by atoms with van der Waals surface area (Å²) in [6.45, 7) is 3.40. The van der Waals surface area contributed by atoms with E-state index in [1.54, 1.807) is 19.1 Å². The van der Waals surface area contributed by atoms with Crippen LogP contribution in [0.5, 0.6) is 11.5 Å². The van der Waals surface area contributed by atoms with Gasteiger partial charge in [-0.25, -0.2) is 0 Å². The molecule has 1 aliphatic carbocycles. The third-order valence-electron chi connectivity index (χ3n) is 7.65. The van der Waals surface area contributed by atoms with Crippen LogP contribution in [0.25, 0.3) is 10.9 Å². The lowest BCUT2D eigenvalue weighted by molar-refractivity contribution is -0.133. The van der Waals surface area contributed by atoms with E-state index in [0.29, 0.717) is 36.8 Å². The van der Waals surface area contributed by atoms with Crippen LogP contribution < -0.4 is 14.8 Å². The van der Waals surface area contributed by atoms with E-state index in [1.165, 1.54) is 19.3 Å². The van der Waals surface area contributed by atoms with Gasteiger partial charge in [-0.05, 0) is 52.1 Å². The molecule has 1 atom stereocenters. The first-order chi connectivity index (χ1) is 16.8. The van der Waals surface area contributed by atoms with Gasteiger partial charge in [0.15, 0.2) is 0 Å². The Hall–Kier alpha value is -2.74. The zero-order valence-corrected chi connectivity index (χ0v) is 21.9. The van der Waals surface area contributed by atoms with Gasteiger partial charge < -0.3 is 29.2 Å². The highest BCUT2D eigenvalue weighted by molar-refractivity contribution is 6.06. The Bertz CT molecular complexity index is 1070. The molecule has 192 valence electrons. The standard InChI is InChI=1S/C27H40N4O4/c1-27(26(33)28-19-11-9-7-6-8-10-12-19)18-30-21(25(32)31(27)16-15-29(2)3)17-20-22(34-4)13-14-23(35-5)24(20)30/h13-14,17,19H,6-12,15-16,18H2,1-5H3,(H,28,33)/t27-/m0/s1. The van der Waals surface area contributed by atoms with Crippen molar-refractivity contribution in [2.45, 2.75) is 70.0 Å². The van der Waals surface area contributed by atoms with Crippen molar-refractivity contribution in [1.29, 1.82) is 0 Å². The number of methoxy groups -OCH3 is 2. The molecule has 0 bridgehead atoms. The predicted molar refractivity (Wildman–Crippen MR) is 137 cm³/mol. The van der Waals surface area contributed by atoms with Gasteiger partial charge in [-0.2, -0.15) is 0 Å². The first kappa shape index (κ1) is 25.4. The van der Waals surface area contributed by atoms with E-state index in [-0.39, 0.29) is 17.9 Å². The van der Waals surface area contributed by atoms with Crippen LogP contribution in [-0.4, -0.2) is 79.2 Å². The molecule has 0 unspecified atom stereocenters. The monoisotopic (exact) mass is 484 g/mol. The molecule has 2 amide bonds. The van der Waals surface area contributed by atoms with Gasteiger partial charge in [-0.15, -0.1) is 0 Å². The van der Waals surface area contributed by atoms with E-state index in [9.17, 15) is 9.59 Å². The number of likely N-dealkylation sites (N-methyl/N-ethyl adjacent to an activating group) is 1.